The van der Waals surface area contributed by atoms with Crippen LogP contribution in [0.15, 0.2) is 24.3 Å². The molecule has 1 aromatic carbocycles. The summed E-state index contributed by atoms with van der Waals surface area (Å²) in [5.74, 6) is -1.55. The van der Waals surface area contributed by atoms with E-state index in [4.69, 9.17) is 4.74 Å². The normalized spacial score (nSPS) is 12.3. The van der Waals surface area contributed by atoms with Gasteiger partial charge < -0.3 is 19.7 Å². The van der Waals surface area contributed by atoms with Crippen molar-refractivity contribution in [2.24, 2.45) is 5.92 Å². The highest BCUT2D eigenvalue weighted by Crippen LogP contribution is 2.23. The molecule has 0 saturated heterocycles. The van der Waals surface area contributed by atoms with Crippen molar-refractivity contribution in [1.29, 1.82) is 0 Å². The number of amides is 1. The van der Waals surface area contributed by atoms with Crippen LogP contribution in [0.5, 0.6) is 0 Å². The number of rotatable bonds is 10. The number of aliphatic carboxylic acids is 1. The molecule has 2 rings (SSSR count). The van der Waals surface area contributed by atoms with Gasteiger partial charge in [0.05, 0.1) is 12.3 Å². The summed E-state index contributed by atoms with van der Waals surface area (Å²) in [5.41, 5.74) is 2.96. The third-order valence-electron chi connectivity index (χ3n) is 4.54. The van der Waals surface area contributed by atoms with Crippen molar-refractivity contribution in [1.82, 2.24) is 9.88 Å². The van der Waals surface area contributed by atoms with Gasteiger partial charge in [-0.25, -0.2) is 0 Å². The molecular formula is C20H28N2O4. The van der Waals surface area contributed by atoms with E-state index in [1.54, 1.807) is 11.8 Å². The summed E-state index contributed by atoms with van der Waals surface area (Å²) in [7, 11) is 0. The van der Waals surface area contributed by atoms with Gasteiger partial charge in [0, 0.05) is 42.9 Å². The van der Waals surface area contributed by atoms with Crippen molar-refractivity contribution >= 4 is 22.8 Å². The molecule has 1 amide bonds. The number of carbonyl (C=O) groups excluding carboxylic acids is 1. The largest absolute Gasteiger partial charge is 0.481 e. The van der Waals surface area contributed by atoms with Gasteiger partial charge >= 0.3 is 5.97 Å². The molecule has 2 N–H and O–H groups in total. The number of carboxylic acid groups (broad SMARTS) is 1. The Morgan fingerprint density at radius 3 is 2.73 bits per heavy atom. The Bertz CT molecular complexity index is 753. The summed E-state index contributed by atoms with van der Waals surface area (Å²) in [5, 5.41) is 10.2. The predicted molar refractivity (Wildman–Crippen MR) is 101 cm³/mol. The van der Waals surface area contributed by atoms with Gasteiger partial charge in [0.25, 0.3) is 0 Å². The number of nitrogens with one attached hydrogen (secondary N) is 1. The first-order valence-electron chi connectivity index (χ1n) is 9.08. The molecule has 0 fully saturated rings. The maximum Gasteiger partial charge on any atom is 0.308 e. The van der Waals surface area contributed by atoms with Crippen LogP contribution in [0, 0.1) is 12.8 Å². The van der Waals surface area contributed by atoms with Crippen LogP contribution in [-0.2, 0) is 20.7 Å². The molecule has 1 heterocycles. The Kier molecular flexibility index (Phi) is 7.21. The van der Waals surface area contributed by atoms with Gasteiger partial charge in [-0.1, -0.05) is 25.1 Å². The molecule has 142 valence electrons. The molecule has 0 radical (unpaired) electrons. The van der Waals surface area contributed by atoms with Crippen LogP contribution in [-0.4, -0.2) is 53.2 Å². The monoisotopic (exact) mass is 360 g/mol. The topological polar surface area (TPSA) is 82.6 Å². The van der Waals surface area contributed by atoms with Crippen LogP contribution < -0.4 is 0 Å². The van der Waals surface area contributed by atoms with Gasteiger partial charge in [-0.15, -0.1) is 0 Å². The molecule has 1 aromatic heterocycles. The number of hydrogen-bond acceptors (Lipinski definition) is 3. The average molecular weight is 360 g/mol. The zero-order chi connectivity index (χ0) is 19.1. The highest BCUT2D eigenvalue weighted by atomic mass is 16.5. The van der Waals surface area contributed by atoms with Gasteiger partial charge in [-0.05, 0) is 31.9 Å². The molecule has 0 aliphatic rings. The second-order valence-corrected chi connectivity index (χ2v) is 6.58. The first kappa shape index (κ1) is 20.0. The Hall–Kier alpha value is -2.34. The minimum absolute atomic E-state index is 0.0533. The van der Waals surface area contributed by atoms with Crippen LogP contribution in [0.1, 0.15) is 31.5 Å². The number of fused-ring (bicyclic) bond motifs is 1. The molecule has 26 heavy (non-hydrogen) atoms. The number of aromatic amines is 1. The van der Waals surface area contributed by atoms with E-state index in [1.165, 1.54) is 0 Å². The summed E-state index contributed by atoms with van der Waals surface area (Å²) in [4.78, 5) is 29.1. The van der Waals surface area contributed by atoms with Crippen molar-refractivity contribution in [3.05, 3.63) is 35.5 Å². The Morgan fingerprint density at radius 2 is 2.04 bits per heavy atom. The SMILES string of the molecule is CCOCCCN(CC(C)C(=O)O)C(=O)Cc1c(C)[nH]c2ccccc12. The number of benzene rings is 1. The van der Waals surface area contributed by atoms with E-state index in [2.05, 4.69) is 4.98 Å². The molecular weight excluding hydrogens is 332 g/mol. The molecule has 1 atom stereocenters. The third-order valence-corrected chi connectivity index (χ3v) is 4.54. The number of carboxylic acids is 1. The number of aromatic nitrogens is 1. The van der Waals surface area contributed by atoms with Crippen LogP contribution in [0.25, 0.3) is 10.9 Å². The minimum Gasteiger partial charge on any atom is -0.481 e. The average Bonchev–Trinajstić information content (AvgIpc) is 2.92. The Morgan fingerprint density at radius 1 is 1.31 bits per heavy atom. The number of nitrogens with zero attached hydrogens (tertiary/aromatic N) is 1. The fraction of sp³-hybridized carbons (Fsp3) is 0.500. The van der Waals surface area contributed by atoms with Crippen LogP contribution >= 0.6 is 0 Å². The van der Waals surface area contributed by atoms with Crippen molar-refractivity contribution < 1.29 is 19.4 Å². The van der Waals surface area contributed by atoms with Crippen molar-refractivity contribution in [2.75, 3.05) is 26.3 Å². The fourth-order valence-corrected chi connectivity index (χ4v) is 3.05. The highest BCUT2D eigenvalue weighted by molar-refractivity contribution is 5.90. The maximum absolute atomic E-state index is 12.9. The zero-order valence-electron chi connectivity index (χ0n) is 15.7. The second-order valence-electron chi connectivity index (χ2n) is 6.58. The van der Waals surface area contributed by atoms with Crippen molar-refractivity contribution in [3.8, 4) is 0 Å². The van der Waals surface area contributed by atoms with Crippen molar-refractivity contribution in [2.45, 2.75) is 33.6 Å². The van der Waals surface area contributed by atoms with Gasteiger partial charge in [-0.3, -0.25) is 9.59 Å². The molecule has 1 unspecified atom stereocenters. The van der Waals surface area contributed by atoms with E-state index in [1.807, 2.05) is 38.1 Å². The number of hydrogen-bond donors (Lipinski definition) is 2. The lowest BCUT2D eigenvalue weighted by molar-refractivity contribution is -0.143. The number of ether oxygens (including phenoxy) is 1. The number of aryl methyl sites for hydroxylation is 1. The molecule has 2 aromatic rings. The second kappa shape index (κ2) is 9.38. The number of para-hydroxylation sites is 1. The zero-order valence-corrected chi connectivity index (χ0v) is 15.7. The number of H-pyrrole nitrogens is 1. The lowest BCUT2D eigenvalue weighted by Crippen LogP contribution is -2.39. The van der Waals surface area contributed by atoms with Gasteiger partial charge in [-0.2, -0.15) is 0 Å². The van der Waals surface area contributed by atoms with Crippen LogP contribution in [0.2, 0.25) is 0 Å². The lowest BCUT2D eigenvalue weighted by Gasteiger charge is -2.25. The smallest absolute Gasteiger partial charge is 0.308 e. The molecule has 0 aliphatic carbocycles. The van der Waals surface area contributed by atoms with Gasteiger partial charge in [0.15, 0.2) is 0 Å². The molecule has 6 nitrogen and oxygen atoms in total. The Labute approximate surface area is 154 Å². The molecule has 0 spiro atoms. The highest BCUT2D eigenvalue weighted by Gasteiger charge is 2.22. The minimum atomic E-state index is -0.893. The molecule has 0 saturated carbocycles. The van der Waals surface area contributed by atoms with Gasteiger partial charge in [0.1, 0.15) is 0 Å². The van der Waals surface area contributed by atoms with E-state index in [9.17, 15) is 14.7 Å². The molecule has 6 heteroatoms. The van der Waals surface area contributed by atoms with E-state index in [0.717, 1.165) is 22.2 Å². The number of carbonyl (C=O) groups is 2. The predicted octanol–water partition coefficient (Wildman–Crippen LogP) is 2.99. The van der Waals surface area contributed by atoms with E-state index < -0.39 is 11.9 Å². The summed E-state index contributed by atoms with van der Waals surface area (Å²) in [6.45, 7) is 7.42. The summed E-state index contributed by atoms with van der Waals surface area (Å²) in [6, 6.07) is 7.90. The summed E-state index contributed by atoms with van der Waals surface area (Å²) < 4.78 is 5.34. The van der Waals surface area contributed by atoms with E-state index >= 15 is 0 Å². The van der Waals surface area contributed by atoms with Gasteiger partial charge in [0.2, 0.25) is 5.91 Å². The fourth-order valence-electron chi connectivity index (χ4n) is 3.05. The summed E-state index contributed by atoms with van der Waals surface area (Å²) in [6.07, 6.45) is 0.954. The van der Waals surface area contributed by atoms with E-state index in [0.29, 0.717) is 26.2 Å². The molecule has 0 bridgehead atoms. The first-order chi connectivity index (χ1) is 12.4. The standard InChI is InChI=1S/C20H28N2O4/c1-4-26-11-7-10-22(13-14(2)20(24)25)19(23)12-17-15(3)21-18-9-6-5-8-16(17)18/h5-6,8-9,14,21H,4,7,10-13H2,1-3H3,(H,24,25). The van der Waals surface area contributed by atoms with Crippen LogP contribution in [0.4, 0.5) is 0 Å². The summed E-state index contributed by atoms with van der Waals surface area (Å²) >= 11 is 0. The van der Waals surface area contributed by atoms with Crippen molar-refractivity contribution in [3.63, 3.8) is 0 Å². The lowest BCUT2D eigenvalue weighted by atomic mass is 10.1. The first-order valence-corrected chi connectivity index (χ1v) is 9.08. The maximum atomic E-state index is 12.9. The molecule has 0 aliphatic heterocycles. The quantitative estimate of drug-likeness (QED) is 0.638. The van der Waals surface area contributed by atoms with Crippen LogP contribution in [0.3, 0.4) is 0 Å². The Balaban J connectivity index is 2.13. The van der Waals surface area contributed by atoms with E-state index in [-0.39, 0.29) is 18.9 Å². The third kappa shape index (κ3) is 5.08.